The van der Waals surface area contributed by atoms with Crippen LogP contribution in [-0.4, -0.2) is 45.3 Å². The molecule has 4 nitrogen and oxygen atoms in total. The fourth-order valence-electron chi connectivity index (χ4n) is 10.4. The van der Waals surface area contributed by atoms with Crippen LogP contribution in [0.1, 0.15) is 39.0 Å². The summed E-state index contributed by atoms with van der Waals surface area (Å²) < 4.78 is 0. The fourth-order valence-corrected chi connectivity index (χ4v) is 10.4. The summed E-state index contributed by atoms with van der Waals surface area (Å²) in [5, 5.41) is 22.6. The maximum Gasteiger partial charge on any atom is 0.145 e. The second-order valence-electron chi connectivity index (χ2n) is 10.7. The third kappa shape index (κ3) is 0.926. The van der Waals surface area contributed by atoms with E-state index in [2.05, 4.69) is 18.4 Å². The highest BCUT2D eigenvalue weighted by Crippen LogP contribution is 2.88. The predicted octanol–water partition coefficient (Wildman–Crippen LogP) is 1.32. The molecule has 128 valence electrons. The SMILES string of the molecule is C=C1C[C@]23C[C@@]4(O)[C@@H]5[C@@]6(C)C[C@H](O)C[C@]57C(C2C(=O)[C@H]1C[C@H]37)N4C6. The van der Waals surface area contributed by atoms with E-state index in [-0.39, 0.29) is 46.1 Å². The lowest BCUT2D eigenvalue weighted by Crippen LogP contribution is -2.66. The first kappa shape index (κ1) is 13.5. The molecule has 0 aromatic rings. The predicted molar refractivity (Wildman–Crippen MR) is 85.6 cm³/mol. The molecule has 0 radical (unpaired) electrons. The molecule has 9 aliphatic rings. The zero-order valence-electron chi connectivity index (χ0n) is 14.2. The number of allylic oxidation sites excluding steroid dienone is 1. The molecule has 9 fully saturated rings. The molecule has 0 aromatic carbocycles. The van der Waals surface area contributed by atoms with Gasteiger partial charge in [-0.25, -0.2) is 0 Å². The molecular formula is C20H25NO3. The van der Waals surface area contributed by atoms with E-state index in [1.165, 1.54) is 0 Å². The summed E-state index contributed by atoms with van der Waals surface area (Å²) >= 11 is 0. The first-order valence-corrected chi connectivity index (χ1v) is 9.67. The van der Waals surface area contributed by atoms with E-state index < -0.39 is 5.72 Å². The van der Waals surface area contributed by atoms with Crippen LogP contribution in [0.15, 0.2) is 12.2 Å². The Balaban J connectivity index is 1.56. The van der Waals surface area contributed by atoms with Crippen LogP contribution < -0.4 is 0 Å². The number of Topliss-reactive ketones (excluding diaryl/α,β-unsaturated/α-hetero) is 1. The highest BCUT2D eigenvalue weighted by atomic mass is 16.3. The number of ketones is 1. The van der Waals surface area contributed by atoms with Crippen molar-refractivity contribution in [1.82, 2.24) is 4.90 Å². The van der Waals surface area contributed by atoms with Gasteiger partial charge in [-0.05, 0) is 48.9 Å². The van der Waals surface area contributed by atoms with Crippen molar-refractivity contribution < 1.29 is 15.0 Å². The van der Waals surface area contributed by atoms with Crippen molar-refractivity contribution in [2.45, 2.75) is 56.9 Å². The van der Waals surface area contributed by atoms with Gasteiger partial charge in [0, 0.05) is 35.8 Å². The van der Waals surface area contributed by atoms with Gasteiger partial charge in [0.1, 0.15) is 11.5 Å². The first-order chi connectivity index (χ1) is 11.3. The molecule has 9 bridgehead atoms. The molecule has 24 heavy (non-hydrogen) atoms. The number of fused-ring (bicyclic) bond motifs is 1. The van der Waals surface area contributed by atoms with Gasteiger partial charge in [-0.15, -0.1) is 0 Å². The number of carbonyl (C=O) groups excluding carboxylic acids is 1. The van der Waals surface area contributed by atoms with Crippen molar-refractivity contribution in [2.75, 3.05) is 6.54 Å². The summed E-state index contributed by atoms with van der Waals surface area (Å²) in [4.78, 5) is 15.6. The van der Waals surface area contributed by atoms with Gasteiger partial charge >= 0.3 is 0 Å². The Labute approximate surface area is 141 Å². The molecule has 3 saturated heterocycles. The number of carbonyl (C=O) groups is 1. The minimum Gasteiger partial charge on any atom is -0.393 e. The van der Waals surface area contributed by atoms with Crippen LogP contribution in [-0.2, 0) is 4.79 Å². The van der Waals surface area contributed by atoms with E-state index in [9.17, 15) is 15.0 Å². The van der Waals surface area contributed by atoms with Crippen molar-refractivity contribution in [1.29, 1.82) is 0 Å². The minimum atomic E-state index is -0.739. The maximum atomic E-state index is 13.3. The summed E-state index contributed by atoms with van der Waals surface area (Å²) in [5.74, 6) is 1.30. The number of aliphatic hydroxyl groups excluding tert-OH is 1. The number of nitrogens with zero attached hydrogens (tertiary/aromatic N) is 1. The minimum absolute atomic E-state index is 0.00130. The third-order valence-corrected chi connectivity index (χ3v) is 9.94. The molecule has 6 saturated carbocycles. The fraction of sp³-hybridized carbons (Fsp3) is 0.850. The normalized spacial score (nSPS) is 73.0. The van der Waals surface area contributed by atoms with Crippen LogP contribution in [0, 0.1) is 39.9 Å². The molecule has 6 aliphatic carbocycles. The van der Waals surface area contributed by atoms with E-state index in [0.29, 0.717) is 11.7 Å². The molecule has 4 heteroatoms. The van der Waals surface area contributed by atoms with E-state index in [0.717, 1.165) is 44.2 Å². The van der Waals surface area contributed by atoms with Crippen LogP contribution in [0.3, 0.4) is 0 Å². The zero-order chi connectivity index (χ0) is 16.4. The summed E-state index contributed by atoms with van der Waals surface area (Å²) in [6.45, 7) is 7.38. The number of aliphatic hydroxyl groups is 2. The van der Waals surface area contributed by atoms with Crippen LogP contribution in [0.5, 0.6) is 0 Å². The van der Waals surface area contributed by atoms with Crippen molar-refractivity contribution in [3.8, 4) is 0 Å². The second-order valence-corrected chi connectivity index (χ2v) is 10.7. The average Bonchev–Trinajstić information content (AvgIpc) is 2.80. The van der Waals surface area contributed by atoms with Crippen molar-refractivity contribution in [3.05, 3.63) is 12.2 Å². The van der Waals surface area contributed by atoms with Gasteiger partial charge in [0.25, 0.3) is 0 Å². The Hall–Kier alpha value is -0.710. The Morgan fingerprint density at radius 2 is 2.12 bits per heavy atom. The molecule has 2 N–H and O–H groups in total. The number of hydrogen-bond acceptors (Lipinski definition) is 4. The van der Waals surface area contributed by atoms with E-state index in [4.69, 9.17) is 0 Å². The molecule has 9 rings (SSSR count). The van der Waals surface area contributed by atoms with Gasteiger partial charge in [-0.2, -0.15) is 0 Å². The molecular weight excluding hydrogens is 302 g/mol. The van der Waals surface area contributed by atoms with Crippen LogP contribution in [0.4, 0.5) is 0 Å². The summed E-state index contributed by atoms with van der Waals surface area (Å²) in [7, 11) is 0. The molecule has 3 aliphatic heterocycles. The molecule has 3 unspecified atom stereocenters. The van der Waals surface area contributed by atoms with Gasteiger partial charge < -0.3 is 10.2 Å². The largest absolute Gasteiger partial charge is 0.393 e. The van der Waals surface area contributed by atoms with Gasteiger partial charge in [0.05, 0.1) is 6.10 Å². The Kier molecular flexibility index (Phi) is 1.79. The summed E-state index contributed by atoms with van der Waals surface area (Å²) in [6, 6.07) is 0.180. The molecule has 3 heterocycles. The lowest BCUT2D eigenvalue weighted by atomic mass is 9.40. The summed E-state index contributed by atoms with van der Waals surface area (Å²) in [5.41, 5.74) is 0.292. The Bertz CT molecular complexity index is 764. The van der Waals surface area contributed by atoms with Gasteiger partial charge in [0.15, 0.2) is 0 Å². The van der Waals surface area contributed by atoms with Crippen LogP contribution >= 0.6 is 0 Å². The quantitative estimate of drug-likeness (QED) is 0.659. The maximum absolute atomic E-state index is 13.3. The van der Waals surface area contributed by atoms with Gasteiger partial charge in [0.2, 0.25) is 0 Å². The average molecular weight is 327 g/mol. The third-order valence-electron chi connectivity index (χ3n) is 9.94. The second kappa shape index (κ2) is 3.19. The van der Waals surface area contributed by atoms with E-state index in [1.54, 1.807) is 0 Å². The summed E-state index contributed by atoms with van der Waals surface area (Å²) in [6.07, 6.45) is 3.97. The van der Waals surface area contributed by atoms with Crippen molar-refractivity contribution in [3.63, 3.8) is 0 Å². The highest BCUT2D eigenvalue weighted by molar-refractivity contribution is 5.91. The van der Waals surface area contributed by atoms with E-state index in [1.807, 2.05) is 0 Å². The van der Waals surface area contributed by atoms with Gasteiger partial charge in [-0.1, -0.05) is 19.1 Å². The lowest BCUT2D eigenvalue weighted by molar-refractivity contribution is -0.223. The Morgan fingerprint density at radius 3 is 2.92 bits per heavy atom. The molecule has 2 spiro atoms. The van der Waals surface area contributed by atoms with Gasteiger partial charge in [-0.3, -0.25) is 9.69 Å². The lowest BCUT2D eigenvalue weighted by Gasteiger charge is -2.64. The standard InChI is InChI=1S/C20H25NO3/c1-9-4-18-7-20(24)16-17(2)5-10(22)6-19(16)12(18)3-11(9)14(23)13(18)15(19)21(20)8-17/h10-13,15-16,22,24H,1,3-8H2,2H3/t10-,11-,12+,13?,15?,16+,17-,18+,19-,20+/m0/s1. The Morgan fingerprint density at radius 1 is 1.33 bits per heavy atom. The topological polar surface area (TPSA) is 60.8 Å². The molecule has 0 aromatic heterocycles. The molecule has 0 amide bonds. The number of rotatable bonds is 0. The highest BCUT2D eigenvalue weighted by Gasteiger charge is 2.92. The van der Waals surface area contributed by atoms with Crippen molar-refractivity contribution >= 4 is 5.78 Å². The van der Waals surface area contributed by atoms with Crippen LogP contribution in [0.2, 0.25) is 0 Å². The van der Waals surface area contributed by atoms with Crippen molar-refractivity contribution in [2.24, 2.45) is 39.9 Å². The van der Waals surface area contributed by atoms with Crippen LogP contribution in [0.25, 0.3) is 0 Å². The van der Waals surface area contributed by atoms with E-state index >= 15 is 0 Å². The monoisotopic (exact) mass is 327 g/mol. The smallest absolute Gasteiger partial charge is 0.145 e. The number of hydrogen-bond donors (Lipinski definition) is 2. The number of piperidine rings is 2. The zero-order valence-corrected chi connectivity index (χ0v) is 14.2. The molecule has 11 atom stereocenters. The first-order valence-electron chi connectivity index (χ1n) is 9.67.